The highest BCUT2D eigenvalue weighted by Crippen LogP contribution is 2.35. The van der Waals surface area contributed by atoms with Crippen LogP contribution in [0, 0.1) is 6.92 Å². The van der Waals surface area contributed by atoms with Gasteiger partial charge < -0.3 is 0 Å². The van der Waals surface area contributed by atoms with E-state index in [-0.39, 0.29) is 20.7 Å². The largest absolute Gasteiger partial charge is 0.360 e. The van der Waals surface area contributed by atoms with Gasteiger partial charge in [0.2, 0.25) is 4.73 Å². The molecule has 1 saturated carbocycles. The topological polar surface area (TPSA) is 103 Å². The number of nitrogens with zero attached hydrogens (tertiary/aromatic N) is 3. The highest BCUT2D eigenvalue weighted by molar-refractivity contribution is 9.10. The van der Waals surface area contributed by atoms with Crippen molar-refractivity contribution in [1.82, 2.24) is 19.1 Å². The van der Waals surface area contributed by atoms with Crippen molar-refractivity contribution >= 4 is 43.6 Å². The highest BCUT2D eigenvalue weighted by atomic mass is 79.9. The summed E-state index contributed by atoms with van der Waals surface area (Å²) in [5.74, 6) is 0. The molecule has 1 aromatic carbocycles. The van der Waals surface area contributed by atoms with Crippen LogP contribution in [0.25, 0.3) is 0 Å². The lowest BCUT2D eigenvalue weighted by Gasteiger charge is -2.10. The first-order valence-electron chi connectivity index (χ1n) is 6.91. The molecule has 0 atom stereocenters. The van der Waals surface area contributed by atoms with E-state index >= 15 is 0 Å². The Morgan fingerprint density at radius 1 is 1.42 bits per heavy atom. The number of amides is 1. The monoisotopic (exact) mass is 434 g/mol. The van der Waals surface area contributed by atoms with E-state index in [9.17, 15) is 18.0 Å². The quantitative estimate of drug-likeness (QED) is 0.795. The van der Waals surface area contributed by atoms with Gasteiger partial charge in [-0.05, 0) is 47.3 Å². The van der Waals surface area contributed by atoms with Gasteiger partial charge in [-0.25, -0.2) is 22.7 Å². The molecular formula is C13H12BrClN4O4S. The van der Waals surface area contributed by atoms with E-state index in [0.29, 0.717) is 10.2 Å². The number of aryl methyl sites for hydroxylation is 1. The minimum Gasteiger partial charge on any atom is -0.266 e. The van der Waals surface area contributed by atoms with Crippen molar-refractivity contribution in [3.63, 3.8) is 0 Å². The van der Waals surface area contributed by atoms with Gasteiger partial charge in [0.25, 0.3) is 10.0 Å². The number of carbonyl (C=O) groups is 1. The van der Waals surface area contributed by atoms with Crippen LogP contribution in [0.4, 0.5) is 4.79 Å². The molecule has 1 N–H and O–H groups in total. The lowest BCUT2D eigenvalue weighted by atomic mass is 10.2. The summed E-state index contributed by atoms with van der Waals surface area (Å²) < 4.78 is 28.7. The van der Waals surface area contributed by atoms with Crippen molar-refractivity contribution in [1.29, 1.82) is 0 Å². The number of hydrogen-bond acceptors (Lipinski definition) is 5. The fourth-order valence-corrected chi connectivity index (χ4v) is 4.65. The van der Waals surface area contributed by atoms with Crippen LogP contribution in [0.5, 0.6) is 0 Å². The molecule has 128 valence electrons. The molecule has 0 unspecified atom stereocenters. The lowest BCUT2D eigenvalue weighted by Crippen LogP contribution is -2.40. The van der Waals surface area contributed by atoms with Crippen molar-refractivity contribution in [3.05, 3.63) is 44.0 Å². The number of aromatic nitrogens is 3. The molecule has 0 saturated heterocycles. The Balaban J connectivity index is 1.95. The average molecular weight is 436 g/mol. The van der Waals surface area contributed by atoms with Crippen LogP contribution in [0.3, 0.4) is 0 Å². The van der Waals surface area contributed by atoms with Gasteiger partial charge in [0.1, 0.15) is 4.90 Å². The SMILES string of the molecule is Cc1cccc(Cl)c1S(=O)(=O)NC(=O)n1nc(Br)n(C2CC2)c1=O. The summed E-state index contributed by atoms with van der Waals surface area (Å²) in [4.78, 5) is 24.2. The second-order valence-electron chi connectivity index (χ2n) is 5.36. The lowest BCUT2D eigenvalue weighted by molar-refractivity contribution is 0.243. The third-order valence-corrected chi connectivity index (χ3v) is 6.02. The molecule has 0 radical (unpaired) electrons. The zero-order valence-corrected chi connectivity index (χ0v) is 15.5. The van der Waals surface area contributed by atoms with Crippen LogP contribution in [0.15, 0.2) is 32.6 Å². The number of nitrogens with one attached hydrogen (secondary N) is 1. The molecule has 1 aromatic heterocycles. The van der Waals surface area contributed by atoms with Gasteiger partial charge in [0.15, 0.2) is 0 Å². The zero-order chi connectivity index (χ0) is 17.6. The fourth-order valence-electron chi connectivity index (χ4n) is 2.29. The van der Waals surface area contributed by atoms with Gasteiger partial charge in [0.05, 0.1) is 5.02 Å². The predicted octanol–water partition coefficient (Wildman–Crippen LogP) is 2.05. The summed E-state index contributed by atoms with van der Waals surface area (Å²) in [6.07, 6.45) is 1.62. The molecule has 3 rings (SSSR count). The van der Waals surface area contributed by atoms with Crippen molar-refractivity contribution in [2.24, 2.45) is 0 Å². The third-order valence-electron chi connectivity index (χ3n) is 3.53. The smallest absolute Gasteiger partial charge is 0.266 e. The summed E-state index contributed by atoms with van der Waals surface area (Å²) in [5, 5.41) is 3.75. The molecular weight excluding hydrogens is 424 g/mol. The molecule has 1 amide bonds. The maximum atomic E-state index is 12.4. The molecule has 1 fully saturated rings. The second kappa shape index (κ2) is 6.01. The number of carbonyl (C=O) groups excluding carboxylic acids is 1. The number of hydrogen-bond donors (Lipinski definition) is 1. The van der Waals surface area contributed by atoms with E-state index in [0.717, 1.165) is 12.8 Å². The van der Waals surface area contributed by atoms with Gasteiger partial charge in [0, 0.05) is 6.04 Å². The Bertz CT molecular complexity index is 974. The van der Waals surface area contributed by atoms with E-state index in [1.54, 1.807) is 19.1 Å². The Hall–Kier alpha value is -1.65. The summed E-state index contributed by atoms with van der Waals surface area (Å²) >= 11 is 9.03. The predicted molar refractivity (Wildman–Crippen MR) is 89.8 cm³/mol. The van der Waals surface area contributed by atoms with Gasteiger partial charge >= 0.3 is 11.7 Å². The van der Waals surface area contributed by atoms with Gasteiger partial charge in [-0.2, -0.15) is 0 Å². The van der Waals surface area contributed by atoms with E-state index in [1.165, 1.54) is 10.6 Å². The molecule has 24 heavy (non-hydrogen) atoms. The van der Waals surface area contributed by atoms with Gasteiger partial charge in [-0.1, -0.05) is 23.7 Å². The summed E-state index contributed by atoms with van der Waals surface area (Å²) in [6, 6.07) is 3.36. The van der Waals surface area contributed by atoms with Crippen molar-refractivity contribution in [2.45, 2.75) is 30.7 Å². The first-order chi connectivity index (χ1) is 11.2. The summed E-state index contributed by atoms with van der Waals surface area (Å²) in [7, 11) is -4.25. The van der Waals surface area contributed by atoms with Crippen LogP contribution >= 0.6 is 27.5 Å². The molecule has 1 aliphatic rings. The Labute approximate surface area is 150 Å². The van der Waals surface area contributed by atoms with E-state index in [1.807, 2.05) is 4.72 Å². The normalized spacial score (nSPS) is 14.6. The van der Waals surface area contributed by atoms with Crippen LogP contribution in [-0.2, 0) is 10.0 Å². The van der Waals surface area contributed by atoms with Crippen LogP contribution < -0.4 is 10.4 Å². The average Bonchev–Trinajstić information content (AvgIpc) is 3.23. The summed E-state index contributed by atoms with van der Waals surface area (Å²) in [5.41, 5.74) is -0.326. The molecule has 0 spiro atoms. The van der Waals surface area contributed by atoms with E-state index in [4.69, 9.17) is 11.6 Å². The van der Waals surface area contributed by atoms with Crippen molar-refractivity contribution < 1.29 is 13.2 Å². The molecule has 0 aliphatic heterocycles. The van der Waals surface area contributed by atoms with Gasteiger partial charge in [-0.3, -0.25) is 4.57 Å². The Kier molecular flexibility index (Phi) is 4.30. The molecule has 2 aromatic rings. The zero-order valence-electron chi connectivity index (χ0n) is 12.4. The number of benzene rings is 1. The molecule has 1 aliphatic carbocycles. The third kappa shape index (κ3) is 3.01. The van der Waals surface area contributed by atoms with Crippen molar-refractivity contribution in [2.75, 3.05) is 0 Å². The minimum absolute atomic E-state index is 0.0177. The molecule has 0 bridgehead atoms. The Morgan fingerprint density at radius 2 is 2.08 bits per heavy atom. The van der Waals surface area contributed by atoms with E-state index < -0.39 is 21.7 Å². The second-order valence-corrected chi connectivity index (χ2v) is 8.10. The van der Waals surface area contributed by atoms with E-state index in [2.05, 4.69) is 21.0 Å². The molecule has 11 heteroatoms. The first kappa shape index (κ1) is 17.2. The van der Waals surface area contributed by atoms with Crippen LogP contribution in [0.1, 0.15) is 24.4 Å². The number of sulfonamides is 1. The molecule has 8 nitrogen and oxygen atoms in total. The fraction of sp³-hybridized carbons (Fsp3) is 0.308. The van der Waals surface area contributed by atoms with Crippen molar-refractivity contribution in [3.8, 4) is 0 Å². The molecule has 1 heterocycles. The first-order valence-corrected chi connectivity index (χ1v) is 9.57. The van der Waals surface area contributed by atoms with Gasteiger partial charge in [-0.15, -0.1) is 9.78 Å². The maximum absolute atomic E-state index is 12.4. The standard InChI is InChI=1S/C13H12BrClN4O4S/c1-7-3-2-4-9(15)10(7)24(22,23)17-12(20)19-13(21)18(8-5-6-8)11(14)16-19/h2-4,8H,5-6H2,1H3,(H,17,20). The Morgan fingerprint density at radius 3 is 2.67 bits per heavy atom. The number of halogens is 2. The van der Waals surface area contributed by atoms with Crippen LogP contribution in [-0.4, -0.2) is 28.8 Å². The minimum atomic E-state index is -4.25. The number of rotatable bonds is 3. The highest BCUT2D eigenvalue weighted by Gasteiger charge is 2.32. The van der Waals surface area contributed by atoms with Crippen LogP contribution in [0.2, 0.25) is 5.02 Å². The summed E-state index contributed by atoms with van der Waals surface area (Å²) in [6.45, 7) is 1.55. The maximum Gasteiger partial charge on any atom is 0.360 e.